The number of benzene rings is 1. The Labute approximate surface area is 151 Å². The van der Waals surface area contributed by atoms with Crippen molar-refractivity contribution in [3.05, 3.63) is 35.8 Å². The number of aromatic amines is 1. The minimum atomic E-state index is -4.82. The van der Waals surface area contributed by atoms with Crippen LogP contribution < -0.4 is 10.0 Å². The molecule has 0 aliphatic carbocycles. The van der Waals surface area contributed by atoms with Gasteiger partial charge in [0, 0.05) is 0 Å². The van der Waals surface area contributed by atoms with Gasteiger partial charge >= 0.3 is 12.3 Å². The topological polar surface area (TPSA) is 113 Å². The van der Waals surface area contributed by atoms with Crippen molar-refractivity contribution in [1.29, 1.82) is 0 Å². The first kappa shape index (κ1) is 20.5. The van der Waals surface area contributed by atoms with E-state index in [1.807, 2.05) is 0 Å². The molecule has 0 radical (unpaired) electrons. The fourth-order valence-corrected chi connectivity index (χ4v) is 2.77. The van der Waals surface area contributed by atoms with Crippen LogP contribution in [0.4, 0.5) is 28.2 Å². The Hall–Kier alpha value is -2.83. The molecule has 27 heavy (non-hydrogen) atoms. The number of nitrogens with zero attached hydrogens (tertiary/aromatic N) is 1. The summed E-state index contributed by atoms with van der Waals surface area (Å²) in [6, 6.07) is 4.08. The van der Waals surface area contributed by atoms with Crippen LogP contribution in [0.1, 0.15) is 12.6 Å². The van der Waals surface area contributed by atoms with Gasteiger partial charge in [-0.2, -0.15) is 18.3 Å². The minimum Gasteiger partial charge on any atom is -0.449 e. The molecule has 2 rings (SSSR count). The molecule has 0 aliphatic heterocycles. The third kappa shape index (κ3) is 5.32. The first-order chi connectivity index (χ1) is 12.5. The van der Waals surface area contributed by atoms with Crippen LogP contribution in [0.5, 0.6) is 0 Å². The molecule has 2 aromatic rings. The highest BCUT2D eigenvalue weighted by atomic mass is 32.2. The molecule has 1 heterocycles. The van der Waals surface area contributed by atoms with Crippen molar-refractivity contribution in [2.45, 2.75) is 13.1 Å². The maximum absolute atomic E-state index is 13.2. The van der Waals surface area contributed by atoms with Crippen LogP contribution in [-0.2, 0) is 20.9 Å². The quantitative estimate of drug-likeness (QED) is 0.631. The molecular weight excluding hydrogens is 396 g/mol. The van der Waals surface area contributed by atoms with Crippen LogP contribution in [0.3, 0.4) is 0 Å². The van der Waals surface area contributed by atoms with Crippen LogP contribution >= 0.6 is 0 Å². The number of alkyl halides is 3. The van der Waals surface area contributed by atoms with Gasteiger partial charge in [0.15, 0.2) is 5.82 Å². The highest BCUT2D eigenvalue weighted by Gasteiger charge is 2.38. The summed E-state index contributed by atoms with van der Waals surface area (Å²) in [6.07, 6.45) is -6.05. The fourth-order valence-electron chi connectivity index (χ4n) is 2.06. The van der Waals surface area contributed by atoms with E-state index in [0.29, 0.717) is 0 Å². The monoisotopic (exact) mass is 410 g/mol. The van der Waals surface area contributed by atoms with Crippen molar-refractivity contribution < 1.29 is 35.5 Å². The molecule has 148 valence electrons. The zero-order valence-corrected chi connectivity index (χ0v) is 14.5. The van der Waals surface area contributed by atoms with E-state index >= 15 is 0 Å². The maximum atomic E-state index is 13.2. The van der Waals surface area contributed by atoms with E-state index in [4.69, 9.17) is 0 Å². The Bertz CT molecular complexity index is 910. The van der Waals surface area contributed by atoms with Gasteiger partial charge in [0.25, 0.3) is 10.0 Å². The van der Waals surface area contributed by atoms with Crippen LogP contribution in [0, 0.1) is 5.82 Å². The number of halogens is 4. The molecule has 1 aromatic heterocycles. The lowest BCUT2D eigenvalue weighted by atomic mass is 10.1. The molecule has 0 unspecified atom stereocenters. The van der Waals surface area contributed by atoms with Gasteiger partial charge in [-0.25, -0.2) is 22.3 Å². The van der Waals surface area contributed by atoms with E-state index in [1.54, 1.807) is 9.82 Å². The molecule has 1 amide bonds. The van der Waals surface area contributed by atoms with E-state index in [0.717, 1.165) is 24.3 Å². The molecule has 0 aliphatic rings. The van der Waals surface area contributed by atoms with Crippen LogP contribution in [0.2, 0.25) is 0 Å². The number of ether oxygens (including phenoxy) is 1. The van der Waals surface area contributed by atoms with E-state index in [1.165, 1.54) is 6.92 Å². The van der Waals surface area contributed by atoms with E-state index in [2.05, 4.69) is 15.2 Å². The van der Waals surface area contributed by atoms with Crippen molar-refractivity contribution in [3.63, 3.8) is 0 Å². The summed E-state index contributed by atoms with van der Waals surface area (Å²) < 4.78 is 82.2. The SMILES string of the molecule is CCOC(=O)NS(=O)(=O)CNc1n[nH]c(C(F)(F)F)c1-c1ccc(F)cc1. The average molecular weight is 410 g/mol. The van der Waals surface area contributed by atoms with Gasteiger partial charge in [-0.1, -0.05) is 12.1 Å². The predicted molar refractivity (Wildman–Crippen MR) is 86.6 cm³/mol. The van der Waals surface area contributed by atoms with Crippen molar-refractivity contribution >= 4 is 21.9 Å². The zero-order chi connectivity index (χ0) is 20.2. The summed E-state index contributed by atoms with van der Waals surface area (Å²) in [6.45, 7) is 1.39. The molecular formula is C14H14F4N4O4S. The molecule has 0 spiro atoms. The van der Waals surface area contributed by atoms with Gasteiger partial charge in [-0.15, -0.1) is 0 Å². The van der Waals surface area contributed by atoms with E-state index in [-0.39, 0.29) is 12.2 Å². The summed E-state index contributed by atoms with van der Waals surface area (Å²) in [7, 11) is -4.26. The zero-order valence-electron chi connectivity index (χ0n) is 13.7. The number of H-pyrrole nitrogens is 1. The van der Waals surface area contributed by atoms with Crippen molar-refractivity contribution in [3.8, 4) is 11.1 Å². The number of hydrogen-bond donors (Lipinski definition) is 3. The number of sulfonamides is 1. The van der Waals surface area contributed by atoms with Gasteiger partial charge in [-0.05, 0) is 24.6 Å². The summed E-state index contributed by atoms with van der Waals surface area (Å²) in [5.41, 5.74) is -1.78. The third-order valence-electron chi connectivity index (χ3n) is 3.13. The molecule has 0 atom stereocenters. The van der Waals surface area contributed by atoms with Crippen LogP contribution in [0.25, 0.3) is 11.1 Å². The number of amides is 1. The van der Waals surface area contributed by atoms with Crippen LogP contribution in [0.15, 0.2) is 24.3 Å². The molecule has 13 heteroatoms. The first-order valence-corrected chi connectivity index (χ1v) is 9.01. The van der Waals surface area contributed by atoms with Gasteiger partial charge in [0.1, 0.15) is 17.4 Å². The van der Waals surface area contributed by atoms with Crippen molar-refractivity contribution in [2.75, 3.05) is 17.8 Å². The highest BCUT2D eigenvalue weighted by Crippen LogP contribution is 2.39. The Morgan fingerprint density at radius 3 is 2.44 bits per heavy atom. The average Bonchev–Trinajstić information content (AvgIpc) is 2.98. The molecule has 0 fully saturated rings. The summed E-state index contributed by atoms with van der Waals surface area (Å²) in [4.78, 5) is 11.2. The fraction of sp³-hybridized carbons (Fsp3) is 0.286. The second-order valence-electron chi connectivity index (χ2n) is 5.09. The molecule has 3 N–H and O–H groups in total. The molecule has 0 bridgehead atoms. The lowest BCUT2D eigenvalue weighted by molar-refractivity contribution is -0.140. The number of nitrogens with one attached hydrogen (secondary N) is 3. The number of carbonyl (C=O) groups excluding carboxylic acids is 1. The standard InChI is InChI=1S/C14H14F4N4O4S/c1-2-26-13(23)22-27(24,25)7-19-12-10(8-3-5-9(15)6-4-8)11(20-21-12)14(16,17)18/h3-6H,2,7H2,1H3,(H,22,23)(H2,19,20,21). The number of anilines is 1. The highest BCUT2D eigenvalue weighted by molar-refractivity contribution is 7.90. The van der Waals surface area contributed by atoms with E-state index in [9.17, 15) is 30.8 Å². The molecule has 1 aromatic carbocycles. The summed E-state index contributed by atoms with van der Waals surface area (Å²) in [5.74, 6) is -2.06. The second-order valence-corrected chi connectivity index (χ2v) is 6.81. The van der Waals surface area contributed by atoms with Crippen LogP contribution in [-0.4, -0.2) is 37.2 Å². The Morgan fingerprint density at radius 1 is 1.26 bits per heavy atom. The third-order valence-corrected chi connectivity index (χ3v) is 4.13. The first-order valence-electron chi connectivity index (χ1n) is 7.36. The largest absolute Gasteiger partial charge is 0.449 e. The number of carbonyl (C=O) groups is 1. The number of hydrogen-bond acceptors (Lipinski definition) is 6. The molecule has 8 nitrogen and oxygen atoms in total. The molecule has 0 saturated heterocycles. The van der Waals surface area contributed by atoms with Gasteiger partial charge in [0.2, 0.25) is 0 Å². The lowest BCUT2D eigenvalue weighted by Crippen LogP contribution is -2.35. The normalized spacial score (nSPS) is 11.9. The second kappa shape index (κ2) is 7.82. The van der Waals surface area contributed by atoms with Crippen molar-refractivity contribution in [1.82, 2.24) is 14.9 Å². The molecule has 0 saturated carbocycles. The Kier molecular flexibility index (Phi) is 5.93. The Balaban J connectivity index is 2.31. The Morgan fingerprint density at radius 2 is 1.89 bits per heavy atom. The van der Waals surface area contributed by atoms with E-state index < -0.39 is 51.1 Å². The smallest absolute Gasteiger partial charge is 0.433 e. The summed E-state index contributed by atoms with van der Waals surface area (Å²) in [5, 5.41) is 7.44. The number of rotatable bonds is 6. The van der Waals surface area contributed by atoms with Gasteiger partial charge < -0.3 is 10.1 Å². The summed E-state index contributed by atoms with van der Waals surface area (Å²) >= 11 is 0. The van der Waals surface area contributed by atoms with Gasteiger partial charge in [-0.3, -0.25) is 5.10 Å². The minimum absolute atomic E-state index is 0.0456. The number of aromatic nitrogens is 2. The van der Waals surface area contributed by atoms with Gasteiger partial charge in [0.05, 0.1) is 12.2 Å². The van der Waals surface area contributed by atoms with Crippen molar-refractivity contribution in [2.24, 2.45) is 0 Å². The lowest BCUT2D eigenvalue weighted by Gasteiger charge is -2.11. The predicted octanol–water partition coefficient (Wildman–Crippen LogP) is 2.68. The maximum Gasteiger partial charge on any atom is 0.433 e.